The second-order valence-corrected chi connectivity index (χ2v) is 25.8. The maximum absolute atomic E-state index is 14.4. The molecule has 4 aliphatic rings. The van der Waals surface area contributed by atoms with Gasteiger partial charge in [0.1, 0.15) is 44.0 Å². The first-order valence-corrected chi connectivity index (χ1v) is 33.8. The van der Waals surface area contributed by atoms with Crippen molar-refractivity contribution in [2.45, 2.75) is 123 Å². The SMILES string of the molecule is C=CCOC(=O)N[C@H](C(=O)NC(C)C(=O)Nc1ccc(COC(=O)N2c3cc(OCCCOc4cc5c(cc4OC)C(=O)N4CC(=C)C[C@H]4CN5C(=O)OCc4ccc(NC(=O)C(C)NC(=O)[C@@H](NC(=O)CCOCCOC)C(C)C)cc4)c(OC)cc3C(=O)N3CC(=C)C[C@H]3[C@@H]2O)cc1)C(C)C. The average Bonchev–Trinajstić information content (AvgIpc) is 1.63. The number of hydrogen-bond donors (Lipinski definition) is 7. The number of anilines is 4. The molecule has 0 aromatic heterocycles. The number of aliphatic hydroxyl groups excluding tert-OH is 1. The summed E-state index contributed by atoms with van der Waals surface area (Å²) in [7, 11) is 4.34. The highest BCUT2D eigenvalue weighted by Crippen LogP contribution is 2.44. The molecule has 4 heterocycles. The van der Waals surface area contributed by atoms with Crippen LogP contribution in [0.2, 0.25) is 0 Å². The first-order chi connectivity index (χ1) is 49.2. The lowest BCUT2D eigenvalue weighted by Gasteiger charge is -2.31. The van der Waals surface area contributed by atoms with E-state index in [1.807, 2.05) is 0 Å². The van der Waals surface area contributed by atoms with Crippen LogP contribution in [0.1, 0.15) is 99.1 Å². The van der Waals surface area contributed by atoms with Crippen LogP contribution in [0.3, 0.4) is 0 Å². The predicted molar refractivity (Wildman–Crippen MR) is 378 cm³/mol. The van der Waals surface area contributed by atoms with E-state index in [0.29, 0.717) is 47.7 Å². The van der Waals surface area contributed by atoms with Gasteiger partial charge in [0.25, 0.3) is 11.8 Å². The number of nitrogens with one attached hydrogen (secondary N) is 6. The van der Waals surface area contributed by atoms with Crippen molar-refractivity contribution < 1.29 is 95.7 Å². The molecular formula is C73H92N10O20. The molecule has 4 aliphatic heterocycles. The van der Waals surface area contributed by atoms with E-state index in [9.17, 15) is 53.1 Å². The predicted octanol–water partition coefficient (Wildman–Crippen LogP) is 6.74. The number of aliphatic hydroxyl groups is 1. The average molecular weight is 1430 g/mol. The van der Waals surface area contributed by atoms with Crippen molar-refractivity contribution in [2.75, 3.05) is 101 Å². The fraction of sp³-hybridized carbons (Fsp3) is 0.452. The zero-order valence-electron chi connectivity index (χ0n) is 59.4. The molecule has 0 aliphatic carbocycles. The zero-order valence-corrected chi connectivity index (χ0v) is 59.4. The fourth-order valence-electron chi connectivity index (χ4n) is 11.8. The summed E-state index contributed by atoms with van der Waals surface area (Å²) in [6.07, 6.45) is -1.93. The molecule has 30 nitrogen and oxygen atoms in total. The summed E-state index contributed by atoms with van der Waals surface area (Å²) in [5.74, 6) is -3.45. The van der Waals surface area contributed by atoms with E-state index in [1.54, 1.807) is 94.3 Å². The van der Waals surface area contributed by atoms with Crippen LogP contribution in [0.4, 0.5) is 37.1 Å². The van der Waals surface area contributed by atoms with Crippen LogP contribution in [0, 0.1) is 11.8 Å². The fourth-order valence-corrected chi connectivity index (χ4v) is 11.8. The van der Waals surface area contributed by atoms with Crippen LogP contribution in [0.25, 0.3) is 0 Å². The van der Waals surface area contributed by atoms with Gasteiger partial charge in [-0.05, 0) is 86.1 Å². The van der Waals surface area contributed by atoms with Gasteiger partial charge < -0.3 is 89.4 Å². The van der Waals surface area contributed by atoms with Crippen molar-refractivity contribution >= 4 is 82.4 Å². The van der Waals surface area contributed by atoms with Gasteiger partial charge in [-0.3, -0.25) is 38.5 Å². The molecule has 2 unspecified atom stereocenters. The molecular weight excluding hydrogens is 1340 g/mol. The number of nitrogens with zero attached hydrogens (tertiary/aromatic N) is 4. The number of methoxy groups -OCH3 is 3. The monoisotopic (exact) mass is 1430 g/mol. The summed E-state index contributed by atoms with van der Waals surface area (Å²) in [5, 5.41) is 28.0. The molecule has 0 saturated carbocycles. The van der Waals surface area contributed by atoms with Gasteiger partial charge >= 0.3 is 18.3 Å². The third-order valence-electron chi connectivity index (χ3n) is 17.4. The van der Waals surface area contributed by atoms with Gasteiger partial charge in [0.15, 0.2) is 29.2 Å². The number of rotatable bonds is 32. The van der Waals surface area contributed by atoms with Crippen molar-refractivity contribution in [3.05, 3.63) is 132 Å². The lowest BCUT2D eigenvalue weighted by molar-refractivity contribution is -0.132. The summed E-state index contributed by atoms with van der Waals surface area (Å²) in [5.41, 5.74) is 3.62. The lowest BCUT2D eigenvalue weighted by atomic mass is 10.0. The molecule has 0 radical (unpaired) electrons. The third kappa shape index (κ3) is 20.1. The smallest absolute Gasteiger partial charge is 0.416 e. The number of benzene rings is 4. The van der Waals surface area contributed by atoms with E-state index in [4.69, 9.17) is 42.6 Å². The van der Waals surface area contributed by atoms with Crippen molar-refractivity contribution in [1.29, 1.82) is 0 Å². The van der Waals surface area contributed by atoms with Gasteiger partial charge in [0.2, 0.25) is 29.5 Å². The van der Waals surface area contributed by atoms with Crippen LogP contribution in [0.15, 0.2) is 110 Å². The Hall–Kier alpha value is -10.7. The summed E-state index contributed by atoms with van der Waals surface area (Å²) < 4.78 is 51.0. The van der Waals surface area contributed by atoms with Crippen LogP contribution in [-0.2, 0) is 60.9 Å². The maximum Gasteiger partial charge on any atom is 0.416 e. The highest BCUT2D eigenvalue weighted by molar-refractivity contribution is 6.07. The number of amides is 10. The Morgan fingerprint density at radius 2 is 1.09 bits per heavy atom. The van der Waals surface area contributed by atoms with E-state index < -0.39 is 90.3 Å². The van der Waals surface area contributed by atoms with Crippen molar-refractivity contribution in [3.8, 4) is 23.0 Å². The van der Waals surface area contributed by atoms with E-state index in [0.717, 1.165) is 10.5 Å². The standard InChI is InChI=1S/C73H92N10O20/c1-13-24-101-71(92)79-63(42(4)5)67(88)75-46(9)65(86)77-50-21-17-48(18-22-50)40-103-73(94)83-55-35-60(58(97-12)33-53(55)69(90)81-37-44(7)31-56(81)70(83)91)100-26-14-25-99-59-34-54-52(32-57(59)96-11)68(89)80-36-43(6)30-51(80)38-82(54)72(93)102-39-47-15-19-49(20-16-47)76-64(85)45(8)74-66(87)62(41(2)3)78-61(84)23-27-98-29-28-95-10/h13,15-22,32-35,41-42,45-46,51,56,62-63,70,91H,1,6-7,14,23-31,36-40H2,2-5,8-12H3,(H,74,87)(H,75,88)(H,76,85)(H,77,86)(H,78,84)(H,79,92)/t45?,46?,51-,56-,62-,63-,70-/m0/s1. The maximum atomic E-state index is 14.4. The lowest BCUT2D eigenvalue weighted by Crippen LogP contribution is -2.53. The van der Waals surface area contributed by atoms with Crippen molar-refractivity contribution in [2.24, 2.45) is 11.8 Å². The Morgan fingerprint density at radius 1 is 0.583 bits per heavy atom. The topological polar surface area (TPSA) is 359 Å². The number of ether oxygens (including phenoxy) is 9. The van der Waals surface area contributed by atoms with Gasteiger partial charge in [-0.15, -0.1) is 0 Å². The summed E-state index contributed by atoms with van der Waals surface area (Å²) >= 11 is 0. The molecule has 4 aromatic rings. The van der Waals surface area contributed by atoms with Crippen LogP contribution >= 0.6 is 0 Å². The molecule has 2 fully saturated rings. The van der Waals surface area contributed by atoms with E-state index >= 15 is 0 Å². The third-order valence-corrected chi connectivity index (χ3v) is 17.4. The molecule has 8 rings (SSSR count). The number of alkyl carbamates (subject to hydrolysis) is 1. The van der Waals surface area contributed by atoms with Crippen LogP contribution in [0.5, 0.6) is 23.0 Å². The Morgan fingerprint density at radius 3 is 1.62 bits per heavy atom. The Labute approximate surface area is 597 Å². The van der Waals surface area contributed by atoms with Gasteiger partial charge in [0.05, 0.1) is 88.4 Å². The minimum absolute atomic E-state index is 0.0000468. The normalized spacial score (nSPS) is 17.2. The second-order valence-electron chi connectivity index (χ2n) is 25.8. The molecule has 554 valence electrons. The minimum Gasteiger partial charge on any atom is -0.493 e. The molecule has 10 amide bonds. The van der Waals surface area contributed by atoms with Crippen LogP contribution in [-0.4, -0.2) is 198 Å². The molecule has 7 N–H and O–H groups in total. The number of carbonyl (C=O) groups is 10. The van der Waals surface area contributed by atoms with Crippen molar-refractivity contribution in [3.63, 3.8) is 0 Å². The first kappa shape index (κ1) is 78.0. The van der Waals surface area contributed by atoms with E-state index in [-0.39, 0.29) is 148 Å². The summed E-state index contributed by atoms with van der Waals surface area (Å²) in [6.45, 7) is 22.4. The number of fused-ring (bicyclic) bond motifs is 4. The van der Waals surface area contributed by atoms with Gasteiger partial charge in [-0.25, -0.2) is 19.3 Å². The molecule has 103 heavy (non-hydrogen) atoms. The molecule has 4 aromatic carbocycles. The number of hydrogen-bond acceptors (Lipinski definition) is 20. The van der Waals surface area contributed by atoms with Gasteiger partial charge in [-0.1, -0.05) is 88.9 Å². The molecule has 30 heteroatoms. The largest absolute Gasteiger partial charge is 0.493 e. The second kappa shape index (κ2) is 36.2. The Bertz CT molecular complexity index is 3810. The number of carbonyl (C=O) groups excluding carboxylic acids is 10. The first-order valence-electron chi connectivity index (χ1n) is 33.8. The highest BCUT2D eigenvalue weighted by atomic mass is 16.6. The van der Waals surface area contributed by atoms with E-state index in [2.05, 4.69) is 51.6 Å². The molecule has 0 spiro atoms. The minimum atomic E-state index is -1.61. The van der Waals surface area contributed by atoms with E-state index in [1.165, 1.54) is 62.1 Å². The Kier molecular flexibility index (Phi) is 27.4. The quantitative estimate of drug-likeness (QED) is 0.0151. The summed E-state index contributed by atoms with van der Waals surface area (Å²) in [6, 6.07) is 13.5. The zero-order chi connectivity index (χ0) is 74.8. The van der Waals surface area contributed by atoms with Crippen molar-refractivity contribution in [1.82, 2.24) is 31.1 Å². The van der Waals surface area contributed by atoms with Crippen LogP contribution < -0.4 is 60.6 Å². The molecule has 7 atom stereocenters. The van der Waals surface area contributed by atoms with Gasteiger partial charge in [-0.2, -0.15) is 0 Å². The highest BCUT2D eigenvalue weighted by Gasteiger charge is 2.47. The molecule has 2 saturated heterocycles. The summed E-state index contributed by atoms with van der Waals surface area (Å²) in [4.78, 5) is 140. The Balaban J connectivity index is 0.894. The molecule has 0 bridgehead atoms. The van der Waals surface area contributed by atoms with Gasteiger partial charge in [0, 0.05) is 56.5 Å².